The fourth-order valence-corrected chi connectivity index (χ4v) is 8.29. The minimum atomic E-state index is -0.486. The van der Waals surface area contributed by atoms with Gasteiger partial charge in [0.05, 0.1) is 6.10 Å². The van der Waals surface area contributed by atoms with E-state index in [0.717, 1.165) is 42.9 Å². The maximum absolute atomic E-state index is 10.6. The summed E-state index contributed by atoms with van der Waals surface area (Å²) in [5.41, 5.74) is 1.95. The van der Waals surface area contributed by atoms with Crippen LogP contribution in [0.15, 0.2) is 11.6 Å². The molecule has 4 aliphatic carbocycles. The topological polar surface area (TPSA) is 40.5 Å². The molecule has 0 amide bonds. The Hall–Kier alpha value is -0.275. The number of allylic oxidation sites excluding steroid dienone is 1. The first-order chi connectivity index (χ1) is 13.6. The molecule has 3 saturated carbocycles. The van der Waals surface area contributed by atoms with E-state index in [4.69, 9.17) is 0 Å². The van der Waals surface area contributed by atoms with Gasteiger partial charge in [0.25, 0.3) is 0 Å². The van der Waals surface area contributed by atoms with Gasteiger partial charge in [0.2, 0.25) is 0 Å². The molecule has 8 atom stereocenters. The van der Waals surface area contributed by atoms with Crippen LogP contribution in [0.5, 0.6) is 0 Å². The summed E-state index contributed by atoms with van der Waals surface area (Å²) in [5, 5.41) is 20.8. The molecule has 2 N–H and O–H groups in total. The van der Waals surface area contributed by atoms with Crippen LogP contribution >= 0.6 is 0 Å². The number of aliphatic hydroxyl groups excluding tert-OH is 1. The van der Waals surface area contributed by atoms with Crippen LogP contribution in [0.3, 0.4) is 0 Å². The Morgan fingerprint density at radius 2 is 1.86 bits per heavy atom. The first-order valence-electron chi connectivity index (χ1n) is 12.7. The van der Waals surface area contributed by atoms with Crippen molar-refractivity contribution in [2.45, 2.75) is 110 Å². The molecule has 4 rings (SSSR count). The summed E-state index contributed by atoms with van der Waals surface area (Å²) < 4.78 is 0. The second-order valence-corrected chi connectivity index (χ2v) is 12.5. The van der Waals surface area contributed by atoms with Crippen molar-refractivity contribution in [2.24, 2.45) is 40.4 Å². The molecule has 0 heterocycles. The van der Waals surface area contributed by atoms with Crippen LogP contribution in [0.1, 0.15) is 98.3 Å². The van der Waals surface area contributed by atoms with Gasteiger partial charge in [0, 0.05) is 5.50 Å². The van der Waals surface area contributed by atoms with Gasteiger partial charge in [0.15, 0.2) is 0 Å². The van der Waals surface area contributed by atoms with Gasteiger partial charge >= 0.3 is 0 Å². The van der Waals surface area contributed by atoms with E-state index in [0.29, 0.717) is 16.7 Å². The van der Waals surface area contributed by atoms with Crippen molar-refractivity contribution in [3.05, 3.63) is 11.6 Å². The largest absolute Gasteiger partial charge is 0.399 e. The summed E-state index contributed by atoms with van der Waals surface area (Å²) in [6.45, 7) is 9.43. The quantitative estimate of drug-likeness (QED) is 0.499. The lowest BCUT2D eigenvalue weighted by Crippen LogP contribution is -2.52. The van der Waals surface area contributed by atoms with E-state index >= 15 is 0 Å². The third-order valence-electron chi connectivity index (χ3n) is 10.4. The van der Waals surface area contributed by atoms with E-state index < -0.39 is 5.50 Å². The van der Waals surface area contributed by atoms with E-state index in [9.17, 15) is 10.2 Å². The summed E-state index contributed by atoms with van der Waals surface area (Å²) in [5.74, 6) is 3.82. The van der Waals surface area contributed by atoms with Crippen molar-refractivity contribution in [1.29, 1.82) is 0 Å². The molecule has 0 saturated heterocycles. The molecule has 0 aromatic rings. The average molecular weight is 400 g/mol. The molecule has 3 fully saturated rings. The minimum Gasteiger partial charge on any atom is -0.399 e. The molecular weight excluding hydrogens is 355 g/mol. The zero-order valence-corrected chi connectivity index (χ0v) is 19.7. The van der Waals surface area contributed by atoms with E-state index in [-0.39, 0.29) is 6.10 Å². The van der Waals surface area contributed by atoms with E-state index in [1.54, 1.807) is 5.57 Å². The molecule has 164 valence electrons. The number of rotatable bonds is 5. The zero-order chi connectivity index (χ0) is 21.0. The van der Waals surface area contributed by atoms with Crippen LogP contribution in [-0.2, 0) is 0 Å². The molecule has 0 spiro atoms. The van der Waals surface area contributed by atoms with E-state index in [1.165, 1.54) is 51.4 Å². The van der Waals surface area contributed by atoms with E-state index in [1.807, 2.05) is 7.85 Å². The maximum atomic E-state index is 10.6. The van der Waals surface area contributed by atoms with Crippen LogP contribution in [0, 0.1) is 40.4 Å². The standard InChI is InChI=1S/C26H45BO2/c1-17(2)23(28)7-5-6-18-9-11-21-20-10-8-19-16-26(27,29)15-14-25(19,4)22(20)12-13-24(18,21)3/h8,17-18,20-23,28-29H,5-7,9-16,27H2,1-4H3/t18?,20?,21?,22?,23?,24?,25?,26-/m0/s1. The fraction of sp³-hybridized carbons (Fsp3) is 0.923. The Labute approximate surface area is 180 Å². The molecule has 29 heavy (non-hydrogen) atoms. The van der Waals surface area contributed by atoms with Crippen molar-refractivity contribution < 1.29 is 10.2 Å². The highest BCUT2D eigenvalue weighted by Crippen LogP contribution is 2.67. The third-order valence-corrected chi connectivity index (χ3v) is 10.4. The van der Waals surface area contributed by atoms with Crippen molar-refractivity contribution in [1.82, 2.24) is 0 Å². The zero-order valence-electron chi connectivity index (χ0n) is 19.7. The third kappa shape index (κ3) is 3.77. The van der Waals surface area contributed by atoms with Crippen molar-refractivity contribution >= 4 is 7.85 Å². The van der Waals surface area contributed by atoms with Gasteiger partial charge in [-0.2, -0.15) is 0 Å². The summed E-state index contributed by atoms with van der Waals surface area (Å²) in [4.78, 5) is 0. The Kier molecular flexibility index (Phi) is 5.82. The Balaban J connectivity index is 1.46. The lowest BCUT2D eigenvalue weighted by Gasteiger charge is -2.59. The number of aliphatic hydroxyl groups is 2. The van der Waals surface area contributed by atoms with Crippen LogP contribution in [0.2, 0.25) is 0 Å². The maximum Gasteiger partial charge on any atom is 0.143 e. The monoisotopic (exact) mass is 400 g/mol. The van der Waals surface area contributed by atoms with Gasteiger partial charge in [-0.15, -0.1) is 0 Å². The Morgan fingerprint density at radius 1 is 1.10 bits per heavy atom. The first kappa shape index (κ1) is 21.9. The van der Waals surface area contributed by atoms with Crippen molar-refractivity contribution in [2.75, 3.05) is 0 Å². The fourth-order valence-electron chi connectivity index (χ4n) is 8.29. The predicted octanol–water partition coefficient (Wildman–Crippen LogP) is 5.07. The summed E-state index contributed by atoms with van der Waals surface area (Å²) in [6, 6.07) is 0. The van der Waals surface area contributed by atoms with E-state index in [2.05, 4.69) is 33.8 Å². The molecule has 2 nitrogen and oxygen atoms in total. The molecule has 0 aromatic heterocycles. The Bertz CT molecular complexity index is 641. The first-order valence-corrected chi connectivity index (χ1v) is 12.7. The van der Waals surface area contributed by atoms with Crippen molar-refractivity contribution in [3.63, 3.8) is 0 Å². The summed E-state index contributed by atoms with van der Waals surface area (Å²) in [7, 11) is 2.04. The number of hydrogen-bond acceptors (Lipinski definition) is 2. The van der Waals surface area contributed by atoms with Crippen LogP contribution in [0.4, 0.5) is 0 Å². The lowest BCUT2D eigenvalue weighted by atomic mass is 9.45. The highest BCUT2D eigenvalue weighted by molar-refractivity contribution is 6.14. The SMILES string of the molecule is B[C@]1(O)CCC2(C)C(=CCC3C2CCC2(C)C(CCCC(O)C(C)C)CCC32)C1. The van der Waals surface area contributed by atoms with Gasteiger partial charge in [0.1, 0.15) is 7.85 Å². The predicted molar refractivity (Wildman–Crippen MR) is 123 cm³/mol. The van der Waals surface area contributed by atoms with Gasteiger partial charge < -0.3 is 10.2 Å². The van der Waals surface area contributed by atoms with Crippen LogP contribution in [-0.4, -0.2) is 29.7 Å². The highest BCUT2D eigenvalue weighted by Gasteiger charge is 2.58. The smallest absolute Gasteiger partial charge is 0.143 e. The average Bonchev–Trinajstić information content (AvgIpc) is 2.98. The molecule has 7 unspecified atom stereocenters. The molecule has 0 bridgehead atoms. The number of fused-ring (bicyclic) bond motifs is 5. The molecule has 0 aliphatic heterocycles. The van der Waals surface area contributed by atoms with Gasteiger partial charge in [-0.1, -0.05) is 45.8 Å². The van der Waals surface area contributed by atoms with Crippen molar-refractivity contribution in [3.8, 4) is 0 Å². The lowest BCUT2D eigenvalue weighted by molar-refractivity contribution is -0.0556. The molecule has 0 radical (unpaired) electrons. The molecule has 3 heteroatoms. The van der Waals surface area contributed by atoms with Crippen LogP contribution in [0.25, 0.3) is 0 Å². The summed E-state index contributed by atoms with van der Waals surface area (Å²) >= 11 is 0. The van der Waals surface area contributed by atoms with Gasteiger partial charge in [-0.25, -0.2) is 0 Å². The minimum absolute atomic E-state index is 0.124. The molecule has 0 aromatic carbocycles. The van der Waals surface area contributed by atoms with Gasteiger partial charge in [-0.05, 0) is 105 Å². The van der Waals surface area contributed by atoms with Crippen LogP contribution < -0.4 is 0 Å². The molecule has 4 aliphatic rings. The second-order valence-electron chi connectivity index (χ2n) is 12.5. The summed E-state index contributed by atoms with van der Waals surface area (Å²) in [6.07, 6.45) is 15.8. The second kappa shape index (κ2) is 7.70. The normalized spacial score (nSPS) is 47.9. The molecular formula is C26H45BO2. The highest BCUT2D eigenvalue weighted by atomic mass is 16.3. The van der Waals surface area contributed by atoms with Gasteiger partial charge in [-0.3, -0.25) is 0 Å². The Morgan fingerprint density at radius 3 is 2.59 bits per heavy atom. The number of hydrogen-bond donors (Lipinski definition) is 2.